The Bertz CT molecular complexity index is 846. The average molecular weight is 393 g/mol. The summed E-state index contributed by atoms with van der Waals surface area (Å²) in [5.41, 5.74) is 1.86. The SMILES string of the molecule is CCN=c1scc(-c2ccc(Br)s2)n1N=Cc1ccccn1. The van der Waals surface area contributed by atoms with Crippen LogP contribution in [-0.2, 0) is 0 Å². The third kappa shape index (κ3) is 3.43. The molecule has 0 saturated carbocycles. The van der Waals surface area contributed by atoms with E-state index in [1.807, 2.05) is 35.9 Å². The van der Waals surface area contributed by atoms with Gasteiger partial charge in [0, 0.05) is 18.1 Å². The van der Waals surface area contributed by atoms with E-state index < -0.39 is 0 Å². The van der Waals surface area contributed by atoms with Crippen LogP contribution >= 0.6 is 38.6 Å². The highest BCUT2D eigenvalue weighted by molar-refractivity contribution is 9.11. The third-order valence-electron chi connectivity index (χ3n) is 2.80. The number of hydrogen-bond acceptors (Lipinski definition) is 5. The Balaban J connectivity index is 2.06. The van der Waals surface area contributed by atoms with E-state index in [-0.39, 0.29) is 0 Å². The van der Waals surface area contributed by atoms with Gasteiger partial charge in [-0.3, -0.25) is 9.98 Å². The highest BCUT2D eigenvalue weighted by Gasteiger charge is 2.09. The Morgan fingerprint density at radius 1 is 1.32 bits per heavy atom. The van der Waals surface area contributed by atoms with Crippen LogP contribution in [0.15, 0.2) is 55.8 Å². The molecule has 0 saturated heterocycles. The van der Waals surface area contributed by atoms with Crippen molar-refractivity contribution in [3.05, 3.63) is 56.2 Å². The summed E-state index contributed by atoms with van der Waals surface area (Å²) in [7, 11) is 0. The highest BCUT2D eigenvalue weighted by atomic mass is 79.9. The van der Waals surface area contributed by atoms with Crippen molar-refractivity contribution in [1.82, 2.24) is 9.66 Å². The molecule has 0 aliphatic rings. The van der Waals surface area contributed by atoms with Gasteiger partial charge in [0.25, 0.3) is 0 Å². The van der Waals surface area contributed by atoms with Crippen molar-refractivity contribution in [3.8, 4) is 10.6 Å². The molecule has 112 valence electrons. The summed E-state index contributed by atoms with van der Waals surface area (Å²) in [5, 5.41) is 6.66. The molecule has 0 radical (unpaired) electrons. The number of pyridine rings is 1. The summed E-state index contributed by atoms with van der Waals surface area (Å²) in [5.74, 6) is 0. The smallest absolute Gasteiger partial charge is 0.206 e. The Labute approximate surface area is 144 Å². The first kappa shape index (κ1) is 15.3. The van der Waals surface area contributed by atoms with Crippen LogP contribution < -0.4 is 4.80 Å². The van der Waals surface area contributed by atoms with Gasteiger partial charge < -0.3 is 0 Å². The minimum Gasteiger partial charge on any atom is -0.258 e. The van der Waals surface area contributed by atoms with Gasteiger partial charge in [-0.1, -0.05) is 6.07 Å². The van der Waals surface area contributed by atoms with E-state index >= 15 is 0 Å². The topological polar surface area (TPSA) is 42.5 Å². The van der Waals surface area contributed by atoms with E-state index in [0.29, 0.717) is 0 Å². The molecular weight excluding hydrogens is 380 g/mol. The molecule has 0 bridgehead atoms. The number of nitrogens with zero attached hydrogens (tertiary/aromatic N) is 4. The molecule has 0 aliphatic heterocycles. The maximum absolute atomic E-state index is 4.58. The largest absolute Gasteiger partial charge is 0.258 e. The number of hydrogen-bond donors (Lipinski definition) is 0. The van der Waals surface area contributed by atoms with Crippen molar-refractivity contribution in [2.45, 2.75) is 6.92 Å². The summed E-state index contributed by atoms with van der Waals surface area (Å²) in [4.78, 5) is 10.8. The van der Waals surface area contributed by atoms with Gasteiger partial charge in [0.15, 0.2) is 0 Å². The number of halogens is 1. The molecule has 0 unspecified atom stereocenters. The Hall–Kier alpha value is -1.57. The van der Waals surface area contributed by atoms with Crippen molar-refractivity contribution < 1.29 is 0 Å². The maximum Gasteiger partial charge on any atom is 0.206 e. The Morgan fingerprint density at radius 2 is 2.23 bits per heavy atom. The molecule has 0 spiro atoms. The van der Waals surface area contributed by atoms with Gasteiger partial charge in [-0.15, -0.1) is 22.7 Å². The van der Waals surface area contributed by atoms with Crippen LogP contribution in [0.1, 0.15) is 12.6 Å². The Morgan fingerprint density at radius 3 is 2.91 bits per heavy atom. The zero-order chi connectivity index (χ0) is 15.4. The van der Waals surface area contributed by atoms with Crippen molar-refractivity contribution in [3.63, 3.8) is 0 Å². The average Bonchev–Trinajstić information content (AvgIpc) is 3.13. The van der Waals surface area contributed by atoms with Crippen LogP contribution in [0.2, 0.25) is 0 Å². The lowest BCUT2D eigenvalue weighted by atomic mass is 10.4. The first-order valence-corrected chi connectivity index (χ1v) is 9.19. The zero-order valence-corrected chi connectivity index (χ0v) is 15.0. The fourth-order valence-electron chi connectivity index (χ4n) is 1.85. The molecule has 0 fully saturated rings. The van der Waals surface area contributed by atoms with Crippen LogP contribution in [0.4, 0.5) is 0 Å². The number of thiophene rings is 1. The maximum atomic E-state index is 4.58. The molecule has 0 aromatic carbocycles. The first-order valence-electron chi connectivity index (χ1n) is 6.70. The molecule has 0 aliphatic carbocycles. The zero-order valence-electron chi connectivity index (χ0n) is 11.8. The van der Waals surface area contributed by atoms with Gasteiger partial charge in [-0.05, 0) is 47.1 Å². The van der Waals surface area contributed by atoms with Gasteiger partial charge in [0.05, 0.1) is 26.3 Å². The van der Waals surface area contributed by atoms with Crippen LogP contribution in [0, 0.1) is 0 Å². The molecule has 0 atom stereocenters. The van der Waals surface area contributed by atoms with Gasteiger partial charge in [0.2, 0.25) is 4.80 Å². The normalized spacial score (nSPS) is 12.4. The van der Waals surface area contributed by atoms with Crippen LogP contribution in [-0.4, -0.2) is 22.4 Å². The van der Waals surface area contributed by atoms with Gasteiger partial charge in [-0.2, -0.15) is 5.10 Å². The molecule has 4 nitrogen and oxygen atoms in total. The van der Waals surface area contributed by atoms with E-state index in [1.54, 1.807) is 35.1 Å². The fraction of sp³-hybridized carbons (Fsp3) is 0.133. The summed E-state index contributed by atoms with van der Waals surface area (Å²) in [6.45, 7) is 2.75. The standard InChI is InChI=1S/C15H13BrN4S2/c1-2-17-15-20(19-9-11-5-3-4-8-18-11)12(10-21-15)13-6-7-14(16)22-13/h3-10H,2H2,1H3. The summed E-state index contributed by atoms with van der Waals surface area (Å²) < 4.78 is 2.98. The molecule has 22 heavy (non-hydrogen) atoms. The fourth-order valence-corrected chi connectivity index (χ4v) is 4.20. The Kier molecular flexibility index (Phi) is 4.97. The van der Waals surface area contributed by atoms with Crippen molar-refractivity contribution in [1.29, 1.82) is 0 Å². The van der Waals surface area contributed by atoms with E-state index in [9.17, 15) is 0 Å². The minimum atomic E-state index is 0.729. The summed E-state index contributed by atoms with van der Waals surface area (Å²) in [6, 6.07) is 9.89. The second kappa shape index (κ2) is 7.13. The van der Waals surface area contributed by atoms with Gasteiger partial charge in [0.1, 0.15) is 0 Å². The second-order valence-electron chi connectivity index (χ2n) is 4.29. The number of rotatable bonds is 4. The van der Waals surface area contributed by atoms with Gasteiger partial charge in [-0.25, -0.2) is 4.68 Å². The highest BCUT2D eigenvalue weighted by Crippen LogP contribution is 2.31. The van der Waals surface area contributed by atoms with Crippen LogP contribution in [0.25, 0.3) is 10.6 Å². The molecule has 0 amide bonds. The molecule has 0 N–H and O–H groups in total. The quantitative estimate of drug-likeness (QED) is 0.612. The monoisotopic (exact) mass is 392 g/mol. The molecular formula is C15H13BrN4S2. The van der Waals surface area contributed by atoms with E-state index in [0.717, 1.165) is 31.4 Å². The van der Waals surface area contributed by atoms with Crippen molar-refractivity contribution >= 4 is 44.8 Å². The van der Waals surface area contributed by atoms with E-state index in [1.165, 1.54) is 0 Å². The van der Waals surface area contributed by atoms with Crippen molar-refractivity contribution in [2.24, 2.45) is 10.1 Å². The number of aromatic nitrogens is 2. The molecule has 3 aromatic rings. The second-order valence-corrected chi connectivity index (χ2v) is 7.59. The van der Waals surface area contributed by atoms with E-state index in [4.69, 9.17) is 0 Å². The summed E-state index contributed by atoms with van der Waals surface area (Å²) in [6.07, 6.45) is 3.52. The number of thiazole rings is 1. The summed E-state index contributed by atoms with van der Waals surface area (Å²) >= 11 is 6.78. The predicted octanol–water partition coefficient (Wildman–Crippen LogP) is 4.24. The first-order chi connectivity index (χ1) is 10.8. The minimum absolute atomic E-state index is 0.729. The lowest BCUT2D eigenvalue weighted by Crippen LogP contribution is -2.12. The lowest BCUT2D eigenvalue weighted by molar-refractivity contribution is 0.834. The molecule has 3 heterocycles. The van der Waals surface area contributed by atoms with Crippen LogP contribution in [0.5, 0.6) is 0 Å². The van der Waals surface area contributed by atoms with Gasteiger partial charge >= 0.3 is 0 Å². The van der Waals surface area contributed by atoms with Crippen LogP contribution in [0.3, 0.4) is 0 Å². The van der Waals surface area contributed by atoms with E-state index in [2.05, 4.69) is 42.5 Å². The van der Waals surface area contributed by atoms with Crippen molar-refractivity contribution in [2.75, 3.05) is 6.54 Å². The molecule has 3 rings (SSSR count). The third-order valence-corrected chi connectivity index (χ3v) is 5.30. The molecule has 3 aromatic heterocycles. The molecule has 7 heteroatoms. The predicted molar refractivity (Wildman–Crippen MR) is 96.7 cm³/mol. The lowest BCUT2D eigenvalue weighted by Gasteiger charge is -2.00.